The van der Waals surface area contributed by atoms with Crippen LogP contribution in [0.15, 0.2) is 36.5 Å². The monoisotopic (exact) mass is 269 g/mol. The SMILES string of the molecule is O=C(Nc1cnc2ccccc2c1)C1CCCCCN1. The minimum atomic E-state index is -0.0797. The molecule has 1 amide bonds. The summed E-state index contributed by atoms with van der Waals surface area (Å²) in [5.41, 5.74) is 1.71. The van der Waals surface area contributed by atoms with Gasteiger partial charge in [-0.25, -0.2) is 0 Å². The Kier molecular flexibility index (Phi) is 3.92. The Bertz CT molecular complexity index is 603. The summed E-state index contributed by atoms with van der Waals surface area (Å²) >= 11 is 0. The largest absolute Gasteiger partial charge is 0.323 e. The first kappa shape index (κ1) is 13.1. The van der Waals surface area contributed by atoms with E-state index in [0.29, 0.717) is 0 Å². The average molecular weight is 269 g/mol. The molecule has 4 nitrogen and oxygen atoms in total. The molecule has 1 aliphatic heterocycles. The normalized spacial score (nSPS) is 19.5. The third kappa shape index (κ3) is 2.96. The number of carbonyl (C=O) groups excluding carboxylic acids is 1. The van der Waals surface area contributed by atoms with E-state index in [0.717, 1.165) is 42.4 Å². The zero-order valence-corrected chi connectivity index (χ0v) is 11.4. The number of amides is 1. The van der Waals surface area contributed by atoms with Crippen LogP contribution in [0.3, 0.4) is 0 Å². The van der Waals surface area contributed by atoms with Crippen LogP contribution in [-0.2, 0) is 4.79 Å². The fourth-order valence-corrected chi connectivity index (χ4v) is 2.62. The lowest BCUT2D eigenvalue weighted by Gasteiger charge is -2.15. The summed E-state index contributed by atoms with van der Waals surface area (Å²) in [4.78, 5) is 16.6. The third-order valence-corrected chi connectivity index (χ3v) is 3.73. The van der Waals surface area contributed by atoms with Gasteiger partial charge in [0.1, 0.15) is 0 Å². The van der Waals surface area contributed by atoms with Gasteiger partial charge in [-0.3, -0.25) is 9.78 Å². The highest BCUT2D eigenvalue weighted by atomic mass is 16.2. The first-order valence-electron chi connectivity index (χ1n) is 7.22. The topological polar surface area (TPSA) is 54.0 Å². The molecule has 1 fully saturated rings. The minimum absolute atomic E-state index is 0.0454. The minimum Gasteiger partial charge on any atom is -0.323 e. The molecule has 104 valence electrons. The van der Waals surface area contributed by atoms with Gasteiger partial charge in [0.2, 0.25) is 5.91 Å². The van der Waals surface area contributed by atoms with E-state index in [1.54, 1.807) is 6.20 Å². The first-order valence-corrected chi connectivity index (χ1v) is 7.22. The Hall–Kier alpha value is -1.94. The van der Waals surface area contributed by atoms with Crippen molar-refractivity contribution in [2.45, 2.75) is 31.7 Å². The van der Waals surface area contributed by atoms with E-state index < -0.39 is 0 Å². The van der Waals surface area contributed by atoms with Gasteiger partial charge in [-0.2, -0.15) is 0 Å². The van der Waals surface area contributed by atoms with Crippen molar-refractivity contribution in [1.82, 2.24) is 10.3 Å². The predicted octanol–water partition coefficient (Wildman–Crippen LogP) is 2.71. The van der Waals surface area contributed by atoms with Crippen molar-refractivity contribution in [2.75, 3.05) is 11.9 Å². The van der Waals surface area contributed by atoms with E-state index in [4.69, 9.17) is 0 Å². The summed E-state index contributed by atoms with van der Waals surface area (Å²) in [6.07, 6.45) is 6.10. The van der Waals surface area contributed by atoms with Gasteiger partial charge >= 0.3 is 0 Å². The number of hydrogen-bond donors (Lipinski definition) is 2. The molecule has 2 aromatic rings. The number of nitrogens with one attached hydrogen (secondary N) is 2. The van der Waals surface area contributed by atoms with Crippen LogP contribution in [0.2, 0.25) is 0 Å². The van der Waals surface area contributed by atoms with E-state index in [-0.39, 0.29) is 11.9 Å². The second kappa shape index (κ2) is 6.01. The van der Waals surface area contributed by atoms with Gasteiger partial charge in [0.25, 0.3) is 0 Å². The van der Waals surface area contributed by atoms with Crippen LogP contribution in [0.1, 0.15) is 25.7 Å². The lowest BCUT2D eigenvalue weighted by Crippen LogP contribution is -2.39. The maximum absolute atomic E-state index is 12.3. The summed E-state index contributed by atoms with van der Waals surface area (Å²) in [6, 6.07) is 9.79. The molecule has 0 saturated carbocycles. The molecule has 0 bridgehead atoms. The van der Waals surface area contributed by atoms with Gasteiger partial charge < -0.3 is 10.6 Å². The molecule has 0 radical (unpaired) electrons. The summed E-state index contributed by atoms with van der Waals surface area (Å²) in [6.45, 7) is 0.925. The number of para-hydroxylation sites is 1. The molecule has 1 unspecified atom stereocenters. The number of anilines is 1. The number of hydrogen-bond acceptors (Lipinski definition) is 3. The first-order chi connectivity index (χ1) is 9.83. The fourth-order valence-electron chi connectivity index (χ4n) is 2.62. The van der Waals surface area contributed by atoms with Gasteiger partial charge in [-0.15, -0.1) is 0 Å². The van der Waals surface area contributed by atoms with E-state index in [2.05, 4.69) is 15.6 Å². The predicted molar refractivity (Wildman–Crippen MR) is 80.6 cm³/mol. The van der Waals surface area contributed by atoms with Crippen molar-refractivity contribution >= 4 is 22.5 Å². The lowest BCUT2D eigenvalue weighted by atomic mass is 10.1. The third-order valence-electron chi connectivity index (χ3n) is 3.73. The fraction of sp³-hybridized carbons (Fsp3) is 0.375. The van der Waals surface area contributed by atoms with E-state index in [1.807, 2.05) is 30.3 Å². The molecule has 1 saturated heterocycles. The van der Waals surface area contributed by atoms with Gasteiger partial charge in [-0.1, -0.05) is 31.0 Å². The number of rotatable bonds is 2. The zero-order chi connectivity index (χ0) is 13.8. The Labute approximate surface area is 118 Å². The Morgan fingerprint density at radius 2 is 2.15 bits per heavy atom. The number of aromatic nitrogens is 1. The summed E-state index contributed by atoms with van der Waals surface area (Å²) in [7, 11) is 0. The van der Waals surface area contributed by atoms with Gasteiger partial charge in [0.05, 0.1) is 23.4 Å². The van der Waals surface area contributed by atoms with Crippen molar-refractivity contribution in [3.05, 3.63) is 36.5 Å². The van der Waals surface area contributed by atoms with E-state index in [9.17, 15) is 4.79 Å². The summed E-state index contributed by atoms with van der Waals surface area (Å²) in [5, 5.41) is 7.31. The standard InChI is InChI=1S/C16H19N3O/c20-16(15-8-2-1-5-9-17-15)19-13-10-12-6-3-4-7-14(12)18-11-13/h3-4,6-7,10-11,15,17H,1-2,5,8-9H2,(H,19,20). The van der Waals surface area contributed by atoms with E-state index >= 15 is 0 Å². The maximum Gasteiger partial charge on any atom is 0.241 e. The van der Waals surface area contributed by atoms with Crippen molar-refractivity contribution in [2.24, 2.45) is 0 Å². The van der Waals surface area contributed by atoms with Crippen LogP contribution in [-0.4, -0.2) is 23.5 Å². The number of fused-ring (bicyclic) bond motifs is 1. The van der Waals surface area contributed by atoms with Crippen LogP contribution < -0.4 is 10.6 Å². The maximum atomic E-state index is 12.3. The summed E-state index contributed by atoms with van der Waals surface area (Å²) in [5.74, 6) is 0.0454. The lowest BCUT2D eigenvalue weighted by molar-refractivity contribution is -0.118. The molecule has 0 aliphatic carbocycles. The van der Waals surface area contributed by atoms with Gasteiger partial charge in [0, 0.05) is 5.39 Å². The quantitative estimate of drug-likeness (QED) is 0.881. The average Bonchev–Trinajstić information content (AvgIpc) is 2.76. The molecule has 3 rings (SSSR count). The van der Waals surface area contributed by atoms with Crippen LogP contribution >= 0.6 is 0 Å². The van der Waals surface area contributed by atoms with Crippen molar-refractivity contribution < 1.29 is 4.79 Å². The zero-order valence-electron chi connectivity index (χ0n) is 11.4. The number of benzene rings is 1. The highest BCUT2D eigenvalue weighted by Crippen LogP contribution is 2.17. The van der Waals surface area contributed by atoms with Crippen LogP contribution in [0.25, 0.3) is 10.9 Å². The molecule has 2 heterocycles. The van der Waals surface area contributed by atoms with Crippen LogP contribution in [0, 0.1) is 0 Å². The molecule has 1 atom stereocenters. The smallest absolute Gasteiger partial charge is 0.241 e. The molecule has 20 heavy (non-hydrogen) atoms. The van der Waals surface area contributed by atoms with Crippen molar-refractivity contribution in [3.8, 4) is 0 Å². The summed E-state index contributed by atoms with van der Waals surface area (Å²) < 4.78 is 0. The molecular formula is C16H19N3O. The van der Waals surface area contributed by atoms with Gasteiger partial charge in [0.15, 0.2) is 0 Å². The Morgan fingerprint density at radius 1 is 1.25 bits per heavy atom. The number of nitrogens with zero attached hydrogens (tertiary/aromatic N) is 1. The van der Waals surface area contributed by atoms with Gasteiger partial charge in [-0.05, 0) is 31.5 Å². The van der Waals surface area contributed by atoms with E-state index in [1.165, 1.54) is 6.42 Å². The highest BCUT2D eigenvalue weighted by Gasteiger charge is 2.19. The van der Waals surface area contributed by atoms with Crippen molar-refractivity contribution in [1.29, 1.82) is 0 Å². The number of carbonyl (C=O) groups is 1. The second-order valence-electron chi connectivity index (χ2n) is 5.26. The van der Waals surface area contributed by atoms with Crippen molar-refractivity contribution in [3.63, 3.8) is 0 Å². The highest BCUT2D eigenvalue weighted by molar-refractivity contribution is 5.96. The molecule has 4 heteroatoms. The van der Waals surface area contributed by atoms with Crippen LogP contribution in [0.5, 0.6) is 0 Å². The second-order valence-corrected chi connectivity index (χ2v) is 5.26. The molecule has 1 aliphatic rings. The Morgan fingerprint density at radius 3 is 3.10 bits per heavy atom. The number of pyridine rings is 1. The molecule has 1 aromatic heterocycles. The van der Waals surface area contributed by atoms with Crippen LogP contribution in [0.4, 0.5) is 5.69 Å². The molecular weight excluding hydrogens is 250 g/mol. The Balaban J connectivity index is 1.73. The molecule has 1 aromatic carbocycles. The molecule has 0 spiro atoms. The molecule has 2 N–H and O–H groups in total.